The lowest BCUT2D eigenvalue weighted by Gasteiger charge is -2.21. The fourth-order valence-electron chi connectivity index (χ4n) is 4.78. The summed E-state index contributed by atoms with van der Waals surface area (Å²) in [5.41, 5.74) is 3.82. The Kier molecular flexibility index (Phi) is 4.16. The first kappa shape index (κ1) is 17.1. The van der Waals surface area contributed by atoms with Crippen LogP contribution in [-0.2, 0) is 0 Å². The summed E-state index contributed by atoms with van der Waals surface area (Å²) < 4.78 is 2.50. The Bertz CT molecular complexity index is 1270. The van der Waals surface area contributed by atoms with Crippen LogP contribution in [0.5, 0.6) is 0 Å². The van der Waals surface area contributed by atoms with E-state index in [0.717, 1.165) is 0 Å². The zero-order valence-corrected chi connectivity index (χ0v) is 16.4. The normalized spacial score (nSPS) is 17.2. The molecule has 0 saturated carbocycles. The van der Waals surface area contributed by atoms with Crippen molar-refractivity contribution in [3.8, 4) is 0 Å². The molecule has 5 rings (SSSR count). The van der Waals surface area contributed by atoms with E-state index >= 15 is 0 Å². The summed E-state index contributed by atoms with van der Waals surface area (Å²) in [5, 5.41) is 6.55. The second-order valence-corrected chi connectivity index (χ2v) is 7.68. The minimum absolute atomic E-state index is 0.404. The summed E-state index contributed by atoms with van der Waals surface area (Å²) in [6, 6.07) is 18.3. The summed E-state index contributed by atoms with van der Waals surface area (Å²) in [5.74, 6) is 0. The Morgan fingerprint density at radius 3 is 2.57 bits per heavy atom. The van der Waals surface area contributed by atoms with E-state index in [1.54, 1.807) is 0 Å². The molecule has 0 spiro atoms. The Morgan fingerprint density at radius 2 is 1.86 bits per heavy atom. The highest BCUT2D eigenvalue weighted by molar-refractivity contribution is 6.15. The van der Waals surface area contributed by atoms with Gasteiger partial charge < -0.3 is 4.57 Å². The van der Waals surface area contributed by atoms with E-state index in [9.17, 15) is 0 Å². The van der Waals surface area contributed by atoms with Crippen LogP contribution in [0.3, 0.4) is 0 Å². The fourth-order valence-corrected chi connectivity index (χ4v) is 4.78. The van der Waals surface area contributed by atoms with Gasteiger partial charge in [-0.15, -0.1) is 0 Å². The summed E-state index contributed by atoms with van der Waals surface area (Å²) in [6.45, 7) is 6.27. The maximum absolute atomic E-state index is 4.18. The van der Waals surface area contributed by atoms with Crippen LogP contribution in [0.15, 0.2) is 73.3 Å². The quantitative estimate of drug-likeness (QED) is 0.257. The van der Waals surface area contributed by atoms with Gasteiger partial charge in [-0.1, -0.05) is 61.2 Å². The van der Waals surface area contributed by atoms with Crippen molar-refractivity contribution in [2.24, 2.45) is 0 Å². The van der Waals surface area contributed by atoms with Gasteiger partial charge in [0.1, 0.15) is 0 Å². The van der Waals surface area contributed by atoms with Crippen molar-refractivity contribution in [1.29, 1.82) is 0 Å². The average molecular weight is 364 g/mol. The van der Waals surface area contributed by atoms with E-state index in [4.69, 9.17) is 0 Å². The molecule has 1 heteroatoms. The molecule has 0 aliphatic heterocycles. The predicted octanol–water partition coefficient (Wildman–Crippen LogP) is 7.91. The van der Waals surface area contributed by atoms with Gasteiger partial charge in [-0.3, -0.25) is 0 Å². The second kappa shape index (κ2) is 6.83. The molecule has 1 nitrogen and oxygen atoms in total. The largest absolute Gasteiger partial charge is 0.333 e. The molecule has 3 aromatic carbocycles. The maximum Gasteiger partial charge on any atom is 0.0522 e. The molecule has 1 aliphatic carbocycles. The van der Waals surface area contributed by atoms with Crippen LogP contribution in [0.25, 0.3) is 44.6 Å². The molecular formula is C27H25N. The fraction of sp³-hybridized carbons (Fsp3) is 0.185. The maximum atomic E-state index is 4.18. The number of benzene rings is 3. The van der Waals surface area contributed by atoms with Crippen molar-refractivity contribution in [1.82, 2.24) is 4.57 Å². The SMILES string of the molecule is C=Cc1c(/C=C\C)c2c3cc4ccccc4cc3ccc2n1C1C=CCCC1. The molecule has 1 aliphatic rings. The van der Waals surface area contributed by atoms with E-state index in [0.29, 0.717) is 6.04 Å². The van der Waals surface area contributed by atoms with Crippen LogP contribution in [0, 0.1) is 0 Å². The Morgan fingerprint density at radius 1 is 1.04 bits per heavy atom. The molecule has 0 fully saturated rings. The molecular weight excluding hydrogens is 338 g/mol. The Balaban J connectivity index is 1.94. The summed E-state index contributed by atoms with van der Waals surface area (Å²) in [4.78, 5) is 0. The number of hydrogen-bond donors (Lipinski definition) is 0. The number of rotatable bonds is 3. The molecule has 28 heavy (non-hydrogen) atoms. The van der Waals surface area contributed by atoms with Crippen LogP contribution in [-0.4, -0.2) is 4.57 Å². The van der Waals surface area contributed by atoms with Crippen LogP contribution in [0.2, 0.25) is 0 Å². The lowest BCUT2D eigenvalue weighted by atomic mass is 9.98. The topological polar surface area (TPSA) is 4.93 Å². The molecule has 1 unspecified atom stereocenters. The first-order chi connectivity index (χ1) is 13.8. The Labute approximate surface area is 166 Å². The van der Waals surface area contributed by atoms with E-state index in [1.165, 1.54) is 63.0 Å². The van der Waals surface area contributed by atoms with Gasteiger partial charge in [0.05, 0.1) is 11.6 Å². The third-order valence-electron chi connectivity index (χ3n) is 6.02. The molecule has 1 atom stereocenters. The molecule has 0 amide bonds. The first-order valence-electron chi connectivity index (χ1n) is 10.2. The molecule has 4 aromatic rings. The summed E-state index contributed by atoms with van der Waals surface area (Å²) in [6.07, 6.45) is 14.7. The van der Waals surface area contributed by atoms with E-state index in [2.05, 4.69) is 90.9 Å². The number of allylic oxidation sites excluding steroid dienone is 3. The van der Waals surface area contributed by atoms with Gasteiger partial charge in [-0.25, -0.2) is 0 Å². The molecule has 138 valence electrons. The number of hydrogen-bond acceptors (Lipinski definition) is 0. The van der Waals surface area contributed by atoms with Crippen LogP contribution >= 0.6 is 0 Å². The molecule has 1 aromatic heterocycles. The lowest BCUT2D eigenvalue weighted by molar-refractivity contribution is 0.528. The minimum Gasteiger partial charge on any atom is -0.333 e. The smallest absolute Gasteiger partial charge is 0.0522 e. The standard InChI is InChI=1S/C27H25N/c1-3-10-23-25(4-2)28(22-13-6-5-7-14-22)26-16-15-21-17-19-11-8-9-12-20(19)18-24(21)27(23)26/h3-4,6,8-13,15-18,22H,2,5,7,14H2,1H3/b10-3-. The number of nitrogens with zero attached hydrogens (tertiary/aromatic N) is 1. The number of fused-ring (bicyclic) bond motifs is 4. The van der Waals surface area contributed by atoms with Gasteiger partial charge in [0.25, 0.3) is 0 Å². The highest BCUT2D eigenvalue weighted by atomic mass is 15.0. The van der Waals surface area contributed by atoms with Crippen molar-refractivity contribution in [3.05, 3.63) is 84.6 Å². The van der Waals surface area contributed by atoms with Gasteiger partial charge in [0.2, 0.25) is 0 Å². The molecule has 1 heterocycles. The van der Waals surface area contributed by atoms with Crippen LogP contribution in [0.4, 0.5) is 0 Å². The second-order valence-electron chi connectivity index (χ2n) is 7.68. The van der Waals surface area contributed by atoms with Crippen molar-refractivity contribution in [2.45, 2.75) is 32.2 Å². The van der Waals surface area contributed by atoms with Crippen molar-refractivity contribution >= 4 is 44.6 Å². The zero-order chi connectivity index (χ0) is 19.1. The van der Waals surface area contributed by atoms with Gasteiger partial charge in [0, 0.05) is 16.6 Å². The number of aromatic nitrogens is 1. The molecule has 0 saturated heterocycles. The van der Waals surface area contributed by atoms with Crippen molar-refractivity contribution < 1.29 is 0 Å². The molecule has 0 N–H and O–H groups in total. The third-order valence-corrected chi connectivity index (χ3v) is 6.02. The third kappa shape index (κ3) is 2.54. The van der Waals surface area contributed by atoms with Crippen LogP contribution < -0.4 is 0 Å². The molecule has 0 radical (unpaired) electrons. The monoisotopic (exact) mass is 363 g/mol. The van der Waals surface area contributed by atoms with Crippen molar-refractivity contribution in [2.75, 3.05) is 0 Å². The average Bonchev–Trinajstić information content (AvgIpc) is 3.07. The highest BCUT2D eigenvalue weighted by Crippen LogP contribution is 2.39. The van der Waals surface area contributed by atoms with E-state index in [-0.39, 0.29) is 0 Å². The van der Waals surface area contributed by atoms with E-state index in [1.807, 2.05) is 6.08 Å². The van der Waals surface area contributed by atoms with Crippen molar-refractivity contribution in [3.63, 3.8) is 0 Å². The van der Waals surface area contributed by atoms with E-state index < -0.39 is 0 Å². The Hall–Kier alpha value is -3.06. The van der Waals surface area contributed by atoms with Gasteiger partial charge >= 0.3 is 0 Å². The van der Waals surface area contributed by atoms with Crippen LogP contribution in [0.1, 0.15) is 43.5 Å². The van der Waals surface area contributed by atoms with Gasteiger partial charge in [-0.05, 0) is 72.0 Å². The highest BCUT2D eigenvalue weighted by Gasteiger charge is 2.21. The lowest BCUT2D eigenvalue weighted by Crippen LogP contribution is -2.10. The first-order valence-corrected chi connectivity index (χ1v) is 10.2. The zero-order valence-electron chi connectivity index (χ0n) is 16.4. The summed E-state index contributed by atoms with van der Waals surface area (Å²) in [7, 11) is 0. The summed E-state index contributed by atoms with van der Waals surface area (Å²) >= 11 is 0. The minimum atomic E-state index is 0.404. The van der Waals surface area contributed by atoms with Gasteiger partial charge in [-0.2, -0.15) is 0 Å². The molecule has 0 bridgehead atoms. The van der Waals surface area contributed by atoms with Gasteiger partial charge in [0.15, 0.2) is 0 Å². The predicted molar refractivity (Wildman–Crippen MR) is 124 cm³/mol.